The van der Waals surface area contributed by atoms with Crippen LogP contribution in [0.5, 0.6) is 0 Å². The number of aliphatic hydroxyl groups excluding tert-OH is 1. The molecule has 0 unspecified atom stereocenters. The third kappa shape index (κ3) is 12.3. The molecule has 0 rings (SSSR count). The van der Waals surface area contributed by atoms with Crippen molar-refractivity contribution in [1.29, 1.82) is 0 Å². The first-order valence-electron chi connectivity index (χ1n) is 7.50. The lowest BCUT2D eigenvalue weighted by molar-refractivity contribution is 0.0459. The van der Waals surface area contributed by atoms with Crippen molar-refractivity contribution in [3.8, 4) is 0 Å². The van der Waals surface area contributed by atoms with E-state index in [0.29, 0.717) is 12.8 Å². The molecule has 0 spiro atoms. The molecule has 0 bridgehead atoms. The Morgan fingerprint density at radius 1 is 1.00 bits per heavy atom. The van der Waals surface area contributed by atoms with Crippen molar-refractivity contribution in [2.75, 3.05) is 13.2 Å². The van der Waals surface area contributed by atoms with Gasteiger partial charge in [-0.1, -0.05) is 0 Å². The average molecular weight is 318 g/mol. The summed E-state index contributed by atoms with van der Waals surface area (Å²) in [6.07, 6.45) is -0.0731. The number of hydrogen-bond acceptors (Lipinski definition) is 5. The molecule has 0 aliphatic carbocycles. The van der Waals surface area contributed by atoms with Crippen LogP contribution in [-0.2, 0) is 9.47 Å². The highest BCUT2D eigenvalue weighted by Crippen LogP contribution is 2.08. The highest BCUT2D eigenvalue weighted by molar-refractivity contribution is 5.69. The van der Waals surface area contributed by atoms with Crippen LogP contribution >= 0.6 is 0 Å². The Hall–Kier alpha value is -1.50. The Labute approximate surface area is 132 Å². The zero-order valence-electron chi connectivity index (χ0n) is 14.5. The van der Waals surface area contributed by atoms with Crippen LogP contribution < -0.4 is 10.6 Å². The van der Waals surface area contributed by atoms with E-state index in [9.17, 15) is 9.59 Å². The minimum atomic E-state index is -0.593. The van der Waals surface area contributed by atoms with Crippen LogP contribution in [0.2, 0.25) is 0 Å². The smallest absolute Gasteiger partial charge is 0.407 e. The Kier molecular flexibility index (Phi) is 8.22. The lowest BCUT2D eigenvalue weighted by Gasteiger charge is -2.25. The second-order valence-corrected chi connectivity index (χ2v) is 7.09. The van der Waals surface area contributed by atoms with Gasteiger partial charge < -0.3 is 25.2 Å². The van der Waals surface area contributed by atoms with Crippen LogP contribution in [-0.4, -0.2) is 47.7 Å². The monoisotopic (exact) mass is 318 g/mol. The summed E-state index contributed by atoms with van der Waals surface area (Å²) in [5.41, 5.74) is -1.17. The lowest BCUT2D eigenvalue weighted by atomic mass is 10.1. The number of alkyl carbamates (subject to hydrolysis) is 2. The van der Waals surface area contributed by atoms with Crippen molar-refractivity contribution >= 4 is 12.2 Å². The highest BCUT2D eigenvalue weighted by atomic mass is 16.6. The standard InChI is InChI=1S/C15H30N2O5/c1-14(2,3)21-12(19)16-10-11(8-7-9-18)17-13(20)22-15(4,5)6/h11,18H,7-10H2,1-6H3,(H,16,19)(H,17,20)/t11-/m0/s1. The second kappa shape index (κ2) is 8.82. The Morgan fingerprint density at radius 3 is 1.95 bits per heavy atom. The van der Waals surface area contributed by atoms with Gasteiger partial charge in [0.15, 0.2) is 0 Å². The second-order valence-electron chi connectivity index (χ2n) is 7.09. The molecule has 130 valence electrons. The highest BCUT2D eigenvalue weighted by Gasteiger charge is 2.21. The van der Waals surface area contributed by atoms with E-state index in [1.54, 1.807) is 41.5 Å². The predicted octanol–water partition coefficient (Wildman–Crippen LogP) is 2.18. The van der Waals surface area contributed by atoms with E-state index in [1.807, 2.05) is 0 Å². The number of aliphatic hydroxyl groups is 1. The van der Waals surface area contributed by atoms with Crippen LogP contribution in [0.15, 0.2) is 0 Å². The zero-order valence-corrected chi connectivity index (χ0v) is 14.5. The molecule has 3 N–H and O–H groups in total. The number of nitrogens with one attached hydrogen (secondary N) is 2. The van der Waals surface area contributed by atoms with Crippen molar-refractivity contribution in [1.82, 2.24) is 10.6 Å². The van der Waals surface area contributed by atoms with E-state index >= 15 is 0 Å². The lowest BCUT2D eigenvalue weighted by Crippen LogP contribution is -2.46. The fourth-order valence-corrected chi connectivity index (χ4v) is 1.56. The van der Waals surface area contributed by atoms with Crippen LogP contribution in [0, 0.1) is 0 Å². The quantitative estimate of drug-likeness (QED) is 0.697. The van der Waals surface area contributed by atoms with Gasteiger partial charge in [-0.2, -0.15) is 0 Å². The Balaban J connectivity index is 4.39. The first kappa shape index (κ1) is 20.5. The van der Waals surface area contributed by atoms with Gasteiger partial charge in [0.2, 0.25) is 0 Å². The fourth-order valence-electron chi connectivity index (χ4n) is 1.56. The van der Waals surface area contributed by atoms with Crippen molar-refractivity contribution in [2.24, 2.45) is 0 Å². The Bertz CT molecular complexity index is 358. The molecular weight excluding hydrogens is 288 g/mol. The molecule has 22 heavy (non-hydrogen) atoms. The van der Waals surface area contributed by atoms with E-state index in [0.717, 1.165) is 0 Å². The third-order valence-electron chi connectivity index (χ3n) is 2.32. The third-order valence-corrected chi connectivity index (χ3v) is 2.32. The maximum Gasteiger partial charge on any atom is 0.407 e. The molecule has 0 radical (unpaired) electrons. The number of carbonyl (C=O) groups excluding carboxylic acids is 2. The SMILES string of the molecule is CC(C)(C)OC(=O)NC[C@H](CCCO)NC(=O)OC(C)(C)C. The summed E-state index contributed by atoms with van der Waals surface area (Å²) in [5.74, 6) is 0. The zero-order chi connectivity index (χ0) is 17.4. The largest absolute Gasteiger partial charge is 0.444 e. The molecule has 0 heterocycles. The maximum absolute atomic E-state index is 11.8. The molecular formula is C15H30N2O5. The van der Waals surface area contributed by atoms with Gasteiger partial charge in [0.25, 0.3) is 0 Å². The summed E-state index contributed by atoms with van der Waals surface area (Å²) in [7, 11) is 0. The summed E-state index contributed by atoms with van der Waals surface area (Å²) in [6.45, 7) is 10.8. The number of ether oxygens (including phenoxy) is 2. The van der Waals surface area contributed by atoms with Crippen LogP contribution in [0.3, 0.4) is 0 Å². The van der Waals surface area contributed by atoms with Gasteiger partial charge in [-0.05, 0) is 54.4 Å². The number of amides is 2. The van der Waals surface area contributed by atoms with Crippen molar-refractivity contribution in [2.45, 2.75) is 71.6 Å². The van der Waals surface area contributed by atoms with E-state index in [4.69, 9.17) is 14.6 Å². The van der Waals surface area contributed by atoms with Crippen LogP contribution in [0.1, 0.15) is 54.4 Å². The molecule has 0 aromatic carbocycles. The average Bonchev–Trinajstić information content (AvgIpc) is 2.28. The summed E-state index contributed by atoms with van der Waals surface area (Å²) >= 11 is 0. The van der Waals surface area contributed by atoms with Gasteiger partial charge in [0, 0.05) is 19.2 Å². The predicted molar refractivity (Wildman–Crippen MR) is 83.7 cm³/mol. The molecule has 7 heteroatoms. The van der Waals surface area contributed by atoms with Gasteiger partial charge >= 0.3 is 12.2 Å². The van der Waals surface area contributed by atoms with E-state index in [1.165, 1.54) is 0 Å². The fraction of sp³-hybridized carbons (Fsp3) is 0.867. The van der Waals surface area contributed by atoms with Crippen LogP contribution in [0.4, 0.5) is 9.59 Å². The summed E-state index contributed by atoms with van der Waals surface area (Å²) in [5, 5.41) is 14.2. The molecule has 0 saturated carbocycles. The molecule has 1 atom stereocenters. The number of hydrogen-bond donors (Lipinski definition) is 3. The topological polar surface area (TPSA) is 96.9 Å². The summed E-state index contributed by atoms with van der Waals surface area (Å²) in [6, 6.07) is -0.338. The van der Waals surface area contributed by atoms with E-state index < -0.39 is 23.4 Å². The van der Waals surface area contributed by atoms with Crippen molar-refractivity contribution in [3.05, 3.63) is 0 Å². The molecule has 2 amide bonds. The summed E-state index contributed by atoms with van der Waals surface area (Å²) < 4.78 is 10.3. The van der Waals surface area contributed by atoms with E-state index in [2.05, 4.69) is 10.6 Å². The minimum absolute atomic E-state index is 0.0128. The molecule has 0 saturated heterocycles. The number of rotatable bonds is 6. The van der Waals surface area contributed by atoms with Crippen molar-refractivity contribution in [3.63, 3.8) is 0 Å². The molecule has 0 aromatic heterocycles. The summed E-state index contributed by atoms with van der Waals surface area (Å²) in [4.78, 5) is 23.4. The van der Waals surface area contributed by atoms with E-state index in [-0.39, 0.29) is 19.2 Å². The van der Waals surface area contributed by atoms with Gasteiger partial charge in [0.1, 0.15) is 11.2 Å². The van der Waals surface area contributed by atoms with Crippen LogP contribution in [0.25, 0.3) is 0 Å². The normalized spacial score (nSPS) is 13.2. The van der Waals surface area contributed by atoms with Gasteiger partial charge in [0.05, 0.1) is 0 Å². The van der Waals surface area contributed by atoms with Gasteiger partial charge in [-0.3, -0.25) is 0 Å². The molecule has 7 nitrogen and oxygen atoms in total. The molecule has 0 aliphatic rings. The molecule has 0 aromatic rings. The van der Waals surface area contributed by atoms with Gasteiger partial charge in [-0.15, -0.1) is 0 Å². The first-order chi connectivity index (χ1) is 9.93. The Morgan fingerprint density at radius 2 is 1.50 bits per heavy atom. The molecule has 0 fully saturated rings. The molecule has 0 aliphatic heterocycles. The van der Waals surface area contributed by atoms with Crippen molar-refractivity contribution < 1.29 is 24.2 Å². The maximum atomic E-state index is 11.8. The van der Waals surface area contributed by atoms with Gasteiger partial charge in [-0.25, -0.2) is 9.59 Å². The number of carbonyl (C=O) groups is 2. The first-order valence-corrected chi connectivity index (χ1v) is 7.50. The minimum Gasteiger partial charge on any atom is -0.444 e.